The summed E-state index contributed by atoms with van der Waals surface area (Å²) in [6, 6.07) is 0. The highest BCUT2D eigenvalue weighted by molar-refractivity contribution is 5.96. The van der Waals surface area contributed by atoms with E-state index in [0.717, 1.165) is 6.42 Å². The minimum absolute atomic E-state index is 0.127. The van der Waals surface area contributed by atoms with Crippen LogP contribution in [0.2, 0.25) is 0 Å². The third-order valence-electron chi connectivity index (χ3n) is 1.64. The van der Waals surface area contributed by atoms with Gasteiger partial charge < -0.3 is 4.74 Å². The summed E-state index contributed by atoms with van der Waals surface area (Å²) in [7, 11) is 0. The van der Waals surface area contributed by atoms with E-state index < -0.39 is 0 Å². The van der Waals surface area contributed by atoms with Gasteiger partial charge >= 0.3 is 0 Å². The van der Waals surface area contributed by atoms with E-state index >= 15 is 0 Å². The fourth-order valence-corrected chi connectivity index (χ4v) is 0.971. The largest absolute Gasteiger partial charge is 0.373 e. The standard InChI is InChI=1S/C11H18O2/c1-3-5-6-7-9-13-10-11(12)8-4-2/h3,5-7,9-10H2,1-2H3. The maximum Gasteiger partial charge on any atom is 0.231 e. The molecule has 0 aliphatic carbocycles. The predicted molar refractivity (Wildman–Crippen MR) is 53.4 cm³/mol. The normalized spacial score (nSPS) is 9.08. The number of carbonyl (C=O) groups excluding carboxylic acids is 1. The lowest BCUT2D eigenvalue weighted by atomic mass is 10.2. The van der Waals surface area contributed by atoms with Crippen LogP contribution >= 0.6 is 0 Å². The second kappa shape index (κ2) is 9.28. The summed E-state index contributed by atoms with van der Waals surface area (Å²) >= 11 is 0. The van der Waals surface area contributed by atoms with Crippen LogP contribution in [0, 0.1) is 11.8 Å². The van der Waals surface area contributed by atoms with Gasteiger partial charge in [-0.2, -0.15) is 0 Å². The van der Waals surface area contributed by atoms with Crippen molar-refractivity contribution in [3.63, 3.8) is 0 Å². The summed E-state index contributed by atoms with van der Waals surface area (Å²) in [6.45, 7) is 4.64. The quantitative estimate of drug-likeness (QED) is 0.342. The summed E-state index contributed by atoms with van der Waals surface area (Å²) in [4.78, 5) is 10.8. The third kappa shape index (κ3) is 9.10. The van der Waals surface area contributed by atoms with Gasteiger partial charge in [0.25, 0.3) is 0 Å². The molecule has 0 saturated carbocycles. The van der Waals surface area contributed by atoms with E-state index in [0.29, 0.717) is 6.61 Å². The number of Topliss-reactive ketones (excluding diaryl/α,β-unsaturated/α-hetero) is 1. The summed E-state index contributed by atoms with van der Waals surface area (Å²) in [5.74, 6) is 4.86. The average Bonchev–Trinajstić information content (AvgIpc) is 2.11. The van der Waals surface area contributed by atoms with Crippen molar-refractivity contribution >= 4 is 5.78 Å². The van der Waals surface area contributed by atoms with Gasteiger partial charge in [-0.05, 0) is 19.3 Å². The van der Waals surface area contributed by atoms with Crippen molar-refractivity contribution in [3.05, 3.63) is 0 Å². The molecule has 2 nitrogen and oxygen atoms in total. The van der Waals surface area contributed by atoms with E-state index in [4.69, 9.17) is 4.74 Å². The van der Waals surface area contributed by atoms with Gasteiger partial charge in [-0.25, -0.2) is 0 Å². The fourth-order valence-electron chi connectivity index (χ4n) is 0.971. The first-order chi connectivity index (χ1) is 6.31. The van der Waals surface area contributed by atoms with Crippen LogP contribution in [0.1, 0.15) is 39.5 Å². The molecule has 0 unspecified atom stereocenters. The van der Waals surface area contributed by atoms with Gasteiger partial charge in [0.15, 0.2) is 0 Å². The van der Waals surface area contributed by atoms with Crippen LogP contribution in [0.15, 0.2) is 0 Å². The van der Waals surface area contributed by atoms with Crippen LogP contribution in [0.5, 0.6) is 0 Å². The SMILES string of the molecule is CC#CC(=O)COCCCCCC. The molecule has 0 amide bonds. The Balaban J connectivity index is 3.14. The molecule has 0 aromatic rings. The topological polar surface area (TPSA) is 26.3 Å². The molecule has 0 aromatic carbocycles. The molecule has 0 saturated heterocycles. The smallest absolute Gasteiger partial charge is 0.231 e. The monoisotopic (exact) mass is 182 g/mol. The Bertz CT molecular complexity index is 186. The number of ketones is 1. The minimum Gasteiger partial charge on any atom is -0.373 e. The Kier molecular flexibility index (Phi) is 8.70. The Morgan fingerprint density at radius 2 is 2.08 bits per heavy atom. The van der Waals surface area contributed by atoms with Gasteiger partial charge in [0.1, 0.15) is 6.61 Å². The molecule has 0 heterocycles. The first-order valence-corrected chi connectivity index (χ1v) is 4.84. The molecule has 0 aliphatic rings. The van der Waals surface area contributed by atoms with Gasteiger partial charge in [0, 0.05) is 6.61 Å². The zero-order chi connectivity index (χ0) is 9.94. The van der Waals surface area contributed by atoms with E-state index in [-0.39, 0.29) is 12.4 Å². The van der Waals surface area contributed by atoms with Crippen LogP contribution < -0.4 is 0 Å². The van der Waals surface area contributed by atoms with Crippen LogP contribution in [-0.4, -0.2) is 19.0 Å². The predicted octanol–water partition coefficient (Wildman–Crippen LogP) is 2.18. The maximum atomic E-state index is 10.8. The van der Waals surface area contributed by atoms with Crippen molar-refractivity contribution in [1.29, 1.82) is 0 Å². The van der Waals surface area contributed by atoms with E-state index in [2.05, 4.69) is 18.8 Å². The van der Waals surface area contributed by atoms with Crippen molar-refractivity contribution in [1.82, 2.24) is 0 Å². The molecule has 13 heavy (non-hydrogen) atoms. The van der Waals surface area contributed by atoms with E-state index in [1.807, 2.05) is 0 Å². The highest BCUT2D eigenvalue weighted by atomic mass is 16.5. The van der Waals surface area contributed by atoms with Gasteiger partial charge in [0.05, 0.1) is 0 Å². The second-order valence-electron chi connectivity index (χ2n) is 2.91. The number of hydrogen-bond donors (Lipinski definition) is 0. The highest BCUT2D eigenvalue weighted by Gasteiger charge is 1.95. The molecule has 0 N–H and O–H groups in total. The van der Waals surface area contributed by atoms with Crippen molar-refractivity contribution in [2.75, 3.05) is 13.2 Å². The van der Waals surface area contributed by atoms with E-state index in [1.54, 1.807) is 6.92 Å². The van der Waals surface area contributed by atoms with Crippen LogP contribution in [0.25, 0.3) is 0 Å². The summed E-state index contributed by atoms with van der Waals surface area (Å²) in [6.07, 6.45) is 4.69. The first kappa shape index (κ1) is 12.2. The van der Waals surface area contributed by atoms with Crippen molar-refractivity contribution in [3.8, 4) is 11.8 Å². The van der Waals surface area contributed by atoms with Gasteiger partial charge in [-0.1, -0.05) is 32.1 Å². The Morgan fingerprint density at radius 1 is 1.31 bits per heavy atom. The summed E-state index contributed by atoms with van der Waals surface area (Å²) < 4.78 is 5.14. The minimum atomic E-state index is -0.127. The molecular weight excluding hydrogens is 164 g/mol. The molecule has 0 rings (SSSR count). The van der Waals surface area contributed by atoms with Crippen LogP contribution in [-0.2, 0) is 9.53 Å². The van der Waals surface area contributed by atoms with Crippen molar-refractivity contribution in [2.45, 2.75) is 39.5 Å². The van der Waals surface area contributed by atoms with Crippen LogP contribution in [0.4, 0.5) is 0 Å². The lowest BCUT2D eigenvalue weighted by molar-refractivity contribution is -0.118. The fraction of sp³-hybridized carbons (Fsp3) is 0.727. The Morgan fingerprint density at radius 3 is 2.69 bits per heavy atom. The zero-order valence-electron chi connectivity index (χ0n) is 8.56. The molecule has 0 fully saturated rings. The molecule has 0 radical (unpaired) electrons. The second-order valence-corrected chi connectivity index (χ2v) is 2.91. The van der Waals surface area contributed by atoms with E-state index in [1.165, 1.54) is 19.3 Å². The molecule has 0 aliphatic heterocycles. The average molecular weight is 182 g/mol. The number of rotatable bonds is 7. The molecule has 0 bridgehead atoms. The van der Waals surface area contributed by atoms with Gasteiger partial charge in [0.2, 0.25) is 5.78 Å². The molecule has 0 atom stereocenters. The number of ether oxygens (including phenoxy) is 1. The number of unbranched alkanes of at least 4 members (excludes halogenated alkanes) is 3. The maximum absolute atomic E-state index is 10.8. The van der Waals surface area contributed by atoms with E-state index in [9.17, 15) is 4.79 Å². The van der Waals surface area contributed by atoms with Gasteiger partial charge in [-0.3, -0.25) is 4.79 Å². The zero-order valence-corrected chi connectivity index (χ0v) is 8.56. The lowest BCUT2D eigenvalue weighted by Gasteiger charge is -1.99. The van der Waals surface area contributed by atoms with Gasteiger partial charge in [-0.15, -0.1) is 0 Å². The summed E-state index contributed by atoms with van der Waals surface area (Å²) in [5, 5.41) is 0. The van der Waals surface area contributed by atoms with Crippen LogP contribution in [0.3, 0.4) is 0 Å². The molecular formula is C11H18O2. The van der Waals surface area contributed by atoms with Crippen molar-refractivity contribution in [2.24, 2.45) is 0 Å². The summed E-state index contributed by atoms with van der Waals surface area (Å²) in [5.41, 5.74) is 0. The Labute approximate surface area is 80.7 Å². The molecule has 0 aromatic heterocycles. The molecule has 2 heteroatoms. The number of hydrogen-bond acceptors (Lipinski definition) is 2. The lowest BCUT2D eigenvalue weighted by Crippen LogP contribution is -2.06. The highest BCUT2D eigenvalue weighted by Crippen LogP contribution is 1.98. The Hall–Kier alpha value is -0.810. The van der Waals surface area contributed by atoms with Crippen molar-refractivity contribution < 1.29 is 9.53 Å². The number of carbonyl (C=O) groups is 1. The first-order valence-electron chi connectivity index (χ1n) is 4.84. The molecule has 74 valence electrons. The molecule has 0 spiro atoms. The third-order valence-corrected chi connectivity index (χ3v) is 1.64.